The van der Waals surface area contributed by atoms with Gasteiger partial charge in [-0.05, 0) is 36.8 Å². The summed E-state index contributed by atoms with van der Waals surface area (Å²) in [6, 6.07) is 13.0. The lowest BCUT2D eigenvalue weighted by molar-refractivity contribution is -0.112. The Bertz CT molecular complexity index is 965. The van der Waals surface area contributed by atoms with Gasteiger partial charge in [-0.1, -0.05) is 43.1 Å². The molecule has 0 fully saturated rings. The number of rotatable bonds is 6. The SMILES string of the molecule is CCCCOc1ccc(NC(=O)C2=C(Cl)c3ccccc3S2(=O)=O)cc1. The monoisotopic (exact) mass is 391 g/mol. The second-order valence-corrected chi connectivity index (χ2v) is 8.06. The molecule has 26 heavy (non-hydrogen) atoms. The Morgan fingerprint density at radius 2 is 1.81 bits per heavy atom. The molecule has 0 saturated heterocycles. The summed E-state index contributed by atoms with van der Waals surface area (Å²) in [6.07, 6.45) is 2.00. The molecule has 1 amide bonds. The molecule has 0 atom stereocenters. The quantitative estimate of drug-likeness (QED) is 0.749. The van der Waals surface area contributed by atoms with Crippen molar-refractivity contribution < 1.29 is 17.9 Å². The third kappa shape index (κ3) is 3.48. The molecular weight excluding hydrogens is 374 g/mol. The van der Waals surface area contributed by atoms with Crippen LogP contribution in [-0.4, -0.2) is 20.9 Å². The number of hydrogen-bond acceptors (Lipinski definition) is 4. The van der Waals surface area contributed by atoms with Crippen LogP contribution in [0.2, 0.25) is 0 Å². The van der Waals surface area contributed by atoms with E-state index in [2.05, 4.69) is 12.2 Å². The average molecular weight is 392 g/mol. The van der Waals surface area contributed by atoms with E-state index in [0.29, 0.717) is 23.6 Å². The molecular formula is C19H18ClNO4S. The Labute approximate surface area is 157 Å². The van der Waals surface area contributed by atoms with E-state index in [1.165, 1.54) is 6.07 Å². The van der Waals surface area contributed by atoms with Gasteiger partial charge in [0.15, 0.2) is 4.91 Å². The largest absolute Gasteiger partial charge is 0.494 e. The first-order valence-corrected chi connectivity index (χ1v) is 10.1. The van der Waals surface area contributed by atoms with Crippen molar-refractivity contribution in [3.05, 3.63) is 59.0 Å². The topological polar surface area (TPSA) is 72.5 Å². The van der Waals surface area contributed by atoms with Crippen molar-refractivity contribution in [2.24, 2.45) is 0 Å². The van der Waals surface area contributed by atoms with E-state index in [1.54, 1.807) is 42.5 Å². The van der Waals surface area contributed by atoms with E-state index in [0.717, 1.165) is 12.8 Å². The molecule has 0 spiro atoms. The standard InChI is InChI=1S/C19H18ClNO4S/c1-2-3-12-25-14-10-8-13(9-11-14)21-19(22)18-17(20)15-6-4-5-7-16(15)26(18,23)24/h4-11H,2-3,12H2,1H3,(H,21,22). The Hall–Kier alpha value is -2.31. The van der Waals surface area contributed by atoms with Gasteiger partial charge in [-0.3, -0.25) is 4.79 Å². The molecule has 0 aliphatic carbocycles. The first-order chi connectivity index (χ1) is 12.4. The van der Waals surface area contributed by atoms with E-state index >= 15 is 0 Å². The Balaban J connectivity index is 1.78. The smallest absolute Gasteiger partial charge is 0.269 e. The Kier molecular flexibility index (Phi) is 5.34. The summed E-state index contributed by atoms with van der Waals surface area (Å²) in [5.74, 6) is -0.0690. The van der Waals surface area contributed by atoms with Crippen molar-refractivity contribution in [3.63, 3.8) is 0 Å². The summed E-state index contributed by atoms with van der Waals surface area (Å²) in [5.41, 5.74) is 0.806. The summed E-state index contributed by atoms with van der Waals surface area (Å²) in [5, 5.41) is 2.53. The van der Waals surface area contributed by atoms with Crippen LogP contribution in [0.1, 0.15) is 25.3 Å². The minimum Gasteiger partial charge on any atom is -0.494 e. The second-order valence-electron chi connectivity index (χ2n) is 5.82. The maximum Gasteiger partial charge on any atom is 0.269 e. The highest BCUT2D eigenvalue weighted by atomic mass is 35.5. The number of benzene rings is 2. The molecule has 1 N–H and O–H groups in total. The molecule has 0 aromatic heterocycles. The second kappa shape index (κ2) is 7.51. The fourth-order valence-electron chi connectivity index (χ4n) is 2.61. The summed E-state index contributed by atoms with van der Waals surface area (Å²) >= 11 is 6.17. The average Bonchev–Trinajstić information content (AvgIpc) is 2.83. The van der Waals surface area contributed by atoms with Gasteiger partial charge in [-0.15, -0.1) is 0 Å². The number of unbranched alkanes of at least 4 members (excludes halogenated alkanes) is 1. The molecule has 2 aromatic rings. The highest BCUT2D eigenvalue weighted by Crippen LogP contribution is 2.41. The van der Waals surface area contributed by atoms with Crippen LogP contribution in [-0.2, 0) is 14.6 Å². The van der Waals surface area contributed by atoms with Crippen LogP contribution in [0.5, 0.6) is 5.75 Å². The number of halogens is 1. The maximum absolute atomic E-state index is 12.6. The van der Waals surface area contributed by atoms with Gasteiger partial charge >= 0.3 is 0 Å². The van der Waals surface area contributed by atoms with Crippen molar-refractivity contribution in [2.75, 3.05) is 11.9 Å². The summed E-state index contributed by atoms with van der Waals surface area (Å²) < 4.78 is 30.8. The van der Waals surface area contributed by atoms with E-state index in [1.807, 2.05) is 0 Å². The third-order valence-electron chi connectivity index (χ3n) is 3.97. The molecule has 0 saturated carbocycles. The number of carbonyl (C=O) groups is 1. The van der Waals surface area contributed by atoms with E-state index < -0.39 is 20.6 Å². The zero-order chi connectivity index (χ0) is 18.7. The summed E-state index contributed by atoms with van der Waals surface area (Å²) in [4.78, 5) is 12.2. The number of amides is 1. The van der Waals surface area contributed by atoms with Crippen molar-refractivity contribution in [2.45, 2.75) is 24.7 Å². The third-order valence-corrected chi connectivity index (χ3v) is 6.33. The molecule has 1 aliphatic rings. The van der Waals surface area contributed by atoms with Crippen LogP contribution >= 0.6 is 11.6 Å². The fraction of sp³-hybridized carbons (Fsp3) is 0.211. The molecule has 0 radical (unpaired) electrons. The highest BCUT2D eigenvalue weighted by Gasteiger charge is 2.39. The van der Waals surface area contributed by atoms with Gasteiger partial charge in [0.25, 0.3) is 5.91 Å². The summed E-state index contributed by atoms with van der Waals surface area (Å²) in [7, 11) is -3.93. The number of carbonyl (C=O) groups excluding carboxylic acids is 1. The lowest BCUT2D eigenvalue weighted by Gasteiger charge is -2.09. The van der Waals surface area contributed by atoms with Crippen molar-refractivity contribution >= 4 is 38.1 Å². The lowest BCUT2D eigenvalue weighted by Crippen LogP contribution is -2.19. The predicted molar refractivity (Wildman–Crippen MR) is 102 cm³/mol. The molecule has 2 aromatic carbocycles. The number of sulfone groups is 1. The fourth-order valence-corrected chi connectivity index (χ4v) is 4.80. The predicted octanol–water partition coefficient (Wildman–Crippen LogP) is 4.20. The normalized spacial score (nSPS) is 14.8. The van der Waals surface area contributed by atoms with Crippen LogP contribution in [0, 0.1) is 0 Å². The number of hydrogen-bond donors (Lipinski definition) is 1. The molecule has 3 rings (SSSR count). The molecule has 0 bridgehead atoms. The Morgan fingerprint density at radius 1 is 1.12 bits per heavy atom. The first-order valence-electron chi connectivity index (χ1n) is 8.23. The van der Waals surface area contributed by atoms with E-state index in [-0.39, 0.29) is 9.93 Å². The highest BCUT2D eigenvalue weighted by molar-refractivity contribution is 7.97. The molecule has 0 unspecified atom stereocenters. The molecule has 136 valence electrons. The van der Waals surface area contributed by atoms with Gasteiger partial charge in [-0.25, -0.2) is 8.42 Å². The van der Waals surface area contributed by atoms with Crippen LogP contribution in [0.3, 0.4) is 0 Å². The number of fused-ring (bicyclic) bond motifs is 1. The van der Waals surface area contributed by atoms with Gasteiger partial charge in [-0.2, -0.15) is 0 Å². The number of nitrogens with one attached hydrogen (secondary N) is 1. The number of ether oxygens (including phenoxy) is 1. The van der Waals surface area contributed by atoms with Crippen molar-refractivity contribution in [1.82, 2.24) is 0 Å². The lowest BCUT2D eigenvalue weighted by atomic mass is 10.2. The minimum atomic E-state index is -3.93. The molecule has 7 heteroatoms. The minimum absolute atomic E-state index is 0.0508. The molecule has 5 nitrogen and oxygen atoms in total. The van der Waals surface area contributed by atoms with Gasteiger partial charge < -0.3 is 10.1 Å². The maximum atomic E-state index is 12.6. The van der Waals surface area contributed by atoms with Crippen molar-refractivity contribution in [3.8, 4) is 5.75 Å². The van der Waals surface area contributed by atoms with Gasteiger partial charge in [0.05, 0.1) is 16.5 Å². The van der Waals surface area contributed by atoms with Crippen LogP contribution in [0.15, 0.2) is 58.3 Å². The van der Waals surface area contributed by atoms with Gasteiger partial charge in [0.1, 0.15) is 5.75 Å². The Morgan fingerprint density at radius 3 is 2.46 bits per heavy atom. The molecule has 1 heterocycles. The van der Waals surface area contributed by atoms with E-state index in [4.69, 9.17) is 16.3 Å². The van der Waals surface area contributed by atoms with E-state index in [9.17, 15) is 13.2 Å². The zero-order valence-electron chi connectivity index (χ0n) is 14.2. The van der Waals surface area contributed by atoms with Gasteiger partial charge in [0.2, 0.25) is 9.84 Å². The van der Waals surface area contributed by atoms with Crippen molar-refractivity contribution in [1.29, 1.82) is 0 Å². The van der Waals surface area contributed by atoms with Gasteiger partial charge in [0, 0.05) is 11.3 Å². The summed E-state index contributed by atoms with van der Waals surface area (Å²) in [6.45, 7) is 2.71. The van der Waals surface area contributed by atoms with Crippen LogP contribution in [0.25, 0.3) is 5.03 Å². The number of anilines is 1. The first kappa shape index (κ1) is 18.5. The molecule has 1 aliphatic heterocycles. The van der Waals surface area contributed by atoms with Crippen LogP contribution < -0.4 is 10.1 Å². The van der Waals surface area contributed by atoms with Crippen LogP contribution in [0.4, 0.5) is 5.69 Å². The zero-order valence-corrected chi connectivity index (χ0v) is 15.7.